The average Bonchev–Trinajstić information content (AvgIpc) is 2.28. The summed E-state index contributed by atoms with van der Waals surface area (Å²) in [7, 11) is 0. The van der Waals surface area contributed by atoms with Crippen LogP contribution in [0.15, 0.2) is 18.2 Å². The Morgan fingerprint density at radius 2 is 2.10 bits per heavy atom. The summed E-state index contributed by atoms with van der Waals surface area (Å²) in [5, 5.41) is 21.8. The second-order valence-corrected chi connectivity index (χ2v) is 4.70. The number of nitro groups is 1. The first-order valence-electron chi connectivity index (χ1n) is 5.61. The fraction of sp³-hybridized carbons (Fsp3) is 0.273. The highest BCUT2D eigenvalue weighted by molar-refractivity contribution is 6.32. The number of aliphatic carboxylic acids is 1. The van der Waals surface area contributed by atoms with Crippen LogP contribution < -0.4 is 5.32 Å². The molecule has 1 heterocycles. The Labute approximate surface area is 118 Å². The molecule has 2 N–H and O–H groups in total. The Morgan fingerprint density at radius 1 is 1.45 bits per heavy atom. The van der Waals surface area contributed by atoms with Crippen LogP contribution in [0.25, 0.3) is 0 Å². The Kier molecular flexibility index (Phi) is 3.75. The van der Waals surface area contributed by atoms with Crippen molar-refractivity contribution in [1.29, 1.82) is 0 Å². The third-order valence-corrected chi connectivity index (χ3v) is 3.23. The number of nitro benzene ring substituents is 1. The van der Waals surface area contributed by atoms with Crippen LogP contribution in [-0.4, -0.2) is 40.0 Å². The summed E-state index contributed by atoms with van der Waals surface area (Å²) in [6.07, 6.45) is 0. The molecule has 1 aromatic carbocycles. The van der Waals surface area contributed by atoms with Gasteiger partial charge in [0.1, 0.15) is 5.02 Å². The van der Waals surface area contributed by atoms with Crippen molar-refractivity contribution < 1.29 is 19.6 Å². The average molecular weight is 300 g/mol. The van der Waals surface area contributed by atoms with Gasteiger partial charge in [-0.25, -0.2) is 4.79 Å². The summed E-state index contributed by atoms with van der Waals surface area (Å²) in [4.78, 5) is 33.7. The molecule has 1 aliphatic heterocycles. The van der Waals surface area contributed by atoms with E-state index in [1.54, 1.807) is 0 Å². The first-order valence-corrected chi connectivity index (χ1v) is 5.99. The highest BCUT2D eigenvalue weighted by atomic mass is 35.5. The molecule has 0 saturated carbocycles. The maximum atomic E-state index is 11.7. The second kappa shape index (κ2) is 5.33. The van der Waals surface area contributed by atoms with Crippen molar-refractivity contribution in [3.63, 3.8) is 0 Å². The van der Waals surface area contributed by atoms with Gasteiger partial charge in [-0.05, 0) is 12.1 Å². The number of benzene rings is 1. The number of carboxylic acid groups (broad SMARTS) is 1. The van der Waals surface area contributed by atoms with E-state index in [1.165, 1.54) is 17.0 Å². The molecular weight excluding hydrogens is 290 g/mol. The Morgan fingerprint density at radius 3 is 2.65 bits per heavy atom. The van der Waals surface area contributed by atoms with Crippen molar-refractivity contribution in [1.82, 2.24) is 4.90 Å². The van der Waals surface area contributed by atoms with Gasteiger partial charge in [-0.1, -0.05) is 11.6 Å². The minimum absolute atomic E-state index is 0.0251. The summed E-state index contributed by atoms with van der Waals surface area (Å²) in [6, 6.07) is 3.39. The molecule has 0 unspecified atom stereocenters. The van der Waals surface area contributed by atoms with E-state index < -0.39 is 22.8 Å². The quantitative estimate of drug-likeness (QED) is 0.652. The molecule has 1 saturated heterocycles. The minimum atomic E-state index is -0.948. The van der Waals surface area contributed by atoms with E-state index in [0.29, 0.717) is 0 Å². The molecule has 20 heavy (non-hydrogen) atoms. The lowest BCUT2D eigenvalue weighted by Crippen LogP contribution is -2.54. The van der Waals surface area contributed by atoms with Crippen molar-refractivity contribution >= 4 is 35.0 Å². The predicted octanol–water partition coefficient (Wildman–Crippen LogP) is 1.80. The Balaban J connectivity index is 2.01. The molecule has 0 spiro atoms. The number of carboxylic acids is 1. The van der Waals surface area contributed by atoms with Crippen molar-refractivity contribution in [3.05, 3.63) is 33.3 Å². The van der Waals surface area contributed by atoms with Gasteiger partial charge in [-0.15, -0.1) is 0 Å². The molecule has 1 fully saturated rings. The molecule has 8 nitrogen and oxygen atoms in total. The summed E-state index contributed by atoms with van der Waals surface area (Å²) in [5.74, 6) is -1.50. The molecule has 0 bridgehead atoms. The van der Waals surface area contributed by atoms with Crippen LogP contribution in [0.1, 0.15) is 0 Å². The lowest BCUT2D eigenvalue weighted by molar-refractivity contribution is -0.384. The number of hydrogen-bond acceptors (Lipinski definition) is 4. The standard InChI is InChI=1S/C11H10ClN3O5/c12-8-2-1-7(3-9(8)15(19)20)13-11(18)14-4-6(5-14)10(16)17/h1-3,6H,4-5H2,(H,13,18)(H,16,17). The normalized spacial score (nSPS) is 14.6. The highest BCUT2D eigenvalue weighted by Gasteiger charge is 2.35. The molecule has 0 aliphatic carbocycles. The number of hydrogen-bond donors (Lipinski definition) is 2. The van der Waals surface area contributed by atoms with Crippen molar-refractivity contribution in [2.75, 3.05) is 18.4 Å². The summed E-state index contributed by atoms with van der Waals surface area (Å²) in [6.45, 7) is 0.244. The van der Waals surface area contributed by atoms with Crippen LogP contribution in [0, 0.1) is 16.0 Å². The molecule has 9 heteroatoms. The number of carbonyl (C=O) groups is 2. The third-order valence-electron chi connectivity index (χ3n) is 2.91. The van der Waals surface area contributed by atoms with Crippen molar-refractivity contribution in [2.24, 2.45) is 5.92 Å². The van der Waals surface area contributed by atoms with Gasteiger partial charge in [0.05, 0.1) is 10.8 Å². The number of halogens is 1. The molecule has 0 aromatic heterocycles. The van der Waals surface area contributed by atoms with Crippen molar-refractivity contribution in [3.8, 4) is 0 Å². The molecule has 106 valence electrons. The second-order valence-electron chi connectivity index (χ2n) is 4.29. The van der Waals surface area contributed by atoms with Crippen LogP contribution in [0.5, 0.6) is 0 Å². The monoisotopic (exact) mass is 299 g/mol. The molecule has 2 amide bonds. The van der Waals surface area contributed by atoms with E-state index in [9.17, 15) is 19.7 Å². The SMILES string of the molecule is O=C(O)C1CN(C(=O)Nc2ccc(Cl)c([N+](=O)[O-])c2)C1. The van der Waals surface area contributed by atoms with E-state index in [1.807, 2.05) is 0 Å². The van der Waals surface area contributed by atoms with E-state index in [0.717, 1.165) is 6.07 Å². The van der Waals surface area contributed by atoms with Gasteiger partial charge in [0.15, 0.2) is 0 Å². The highest BCUT2D eigenvalue weighted by Crippen LogP contribution is 2.28. The zero-order chi connectivity index (χ0) is 14.9. The van der Waals surface area contributed by atoms with Crippen molar-refractivity contribution in [2.45, 2.75) is 0 Å². The number of likely N-dealkylation sites (tertiary alicyclic amines) is 1. The molecular formula is C11H10ClN3O5. The number of nitrogens with zero attached hydrogens (tertiary/aromatic N) is 2. The fourth-order valence-electron chi connectivity index (χ4n) is 1.73. The van der Waals surface area contributed by atoms with Crippen LogP contribution >= 0.6 is 11.6 Å². The number of urea groups is 1. The zero-order valence-corrected chi connectivity index (χ0v) is 10.8. The molecule has 0 atom stereocenters. The topological polar surface area (TPSA) is 113 Å². The Hall–Kier alpha value is -2.35. The third kappa shape index (κ3) is 2.80. The first-order chi connectivity index (χ1) is 9.38. The van der Waals surface area contributed by atoms with Gasteiger partial charge in [-0.2, -0.15) is 0 Å². The number of amides is 2. The van der Waals surface area contributed by atoms with Gasteiger partial charge in [-0.3, -0.25) is 14.9 Å². The Bertz CT molecular complexity index is 585. The molecule has 1 aliphatic rings. The molecule has 0 radical (unpaired) electrons. The largest absolute Gasteiger partial charge is 0.481 e. The number of anilines is 1. The maximum Gasteiger partial charge on any atom is 0.321 e. The predicted molar refractivity (Wildman–Crippen MR) is 69.8 cm³/mol. The van der Waals surface area contributed by atoms with Gasteiger partial charge in [0, 0.05) is 24.8 Å². The van der Waals surface area contributed by atoms with Gasteiger partial charge in [0.2, 0.25) is 0 Å². The number of carbonyl (C=O) groups excluding carboxylic acids is 1. The molecule has 2 rings (SSSR count). The van der Waals surface area contributed by atoms with E-state index in [-0.39, 0.29) is 29.5 Å². The van der Waals surface area contributed by atoms with E-state index in [2.05, 4.69) is 5.32 Å². The van der Waals surface area contributed by atoms with Gasteiger partial charge < -0.3 is 15.3 Å². The maximum absolute atomic E-state index is 11.7. The van der Waals surface area contributed by atoms with Crippen LogP contribution in [0.2, 0.25) is 5.02 Å². The molecule has 1 aromatic rings. The van der Waals surface area contributed by atoms with Gasteiger partial charge >= 0.3 is 12.0 Å². The summed E-state index contributed by atoms with van der Waals surface area (Å²) < 4.78 is 0. The van der Waals surface area contributed by atoms with Crippen LogP contribution in [0.3, 0.4) is 0 Å². The van der Waals surface area contributed by atoms with Crippen LogP contribution in [0.4, 0.5) is 16.2 Å². The number of rotatable bonds is 3. The zero-order valence-electron chi connectivity index (χ0n) is 10.1. The minimum Gasteiger partial charge on any atom is -0.481 e. The first kappa shape index (κ1) is 14.1. The van der Waals surface area contributed by atoms with E-state index in [4.69, 9.17) is 16.7 Å². The number of nitrogens with one attached hydrogen (secondary N) is 1. The summed E-state index contributed by atoms with van der Waals surface area (Å²) >= 11 is 5.65. The van der Waals surface area contributed by atoms with E-state index >= 15 is 0 Å². The lowest BCUT2D eigenvalue weighted by atomic mass is 10.0. The summed E-state index contributed by atoms with van der Waals surface area (Å²) in [5.41, 5.74) is -0.0821. The lowest BCUT2D eigenvalue weighted by Gasteiger charge is -2.36. The van der Waals surface area contributed by atoms with Gasteiger partial charge in [0.25, 0.3) is 5.69 Å². The fourth-order valence-corrected chi connectivity index (χ4v) is 1.92. The van der Waals surface area contributed by atoms with Crippen LogP contribution in [-0.2, 0) is 4.79 Å². The smallest absolute Gasteiger partial charge is 0.321 e.